The number of hydrogen-bond acceptors (Lipinski definition) is 5. The summed E-state index contributed by atoms with van der Waals surface area (Å²) in [5.74, 6) is 0.833. The summed E-state index contributed by atoms with van der Waals surface area (Å²) >= 11 is 0. The van der Waals surface area contributed by atoms with Crippen LogP contribution in [0.25, 0.3) is 0 Å². The average molecular weight is 435 g/mol. The molecule has 0 spiro atoms. The van der Waals surface area contributed by atoms with Crippen molar-refractivity contribution >= 4 is 15.9 Å². The number of carbonyl (C=O) groups is 1. The third-order valence-electron chi connectivity index (χ3n) is 4.68. The molecule has 7 nitrogen and oxygen atoms in total. The molecule has 0 aliphatic carbocycles. The largest absolute Gasteiger partial charge is 0.490 e. The van der Waals surface area contributed by atoms with Gasteiger partial charge >= 0.3 is 0 Å². The summed E-state index contributed by atoms with van der Waals surface area (Å²) in [7, 11) is -2.18. The van der Waals surface area contributed by atoms with Crippen molar-refractivity contribution in [2.24, 2.45) is 0 Å². The number of benzene rings is 2. The Morgan fingerprint density at radius 1 is 1.00 bits per heavy atom. The van der Waals surface area contributed by atoms with Crippen LogP contribution in [0.4, 0.5) is 0 Å². The molecule has 30 heavy (non-hydrogen) atoms. The van der Waals surface area contributed by atoms with Crippen molar-refractivity contribution < 1.29 is 22.7 Å². The fourth-order valence-electron chi connectivity index (χ4n) is 3.07. The Hall–Kier alpha value is -2.58. The summed E-state index contributed by atoms with van der Waals surface area (Å²) in [5, 5.41) is 2.93. The van der Waals surface area contributed by atoms with Crippen LogP contribution in [-0.2, 0) is 14.8 Å². The molecule has 2 aromatic carbocycles. The van der Waals surface area contributed by atoms with Gasteiger partial charge in [-0.05, 0) is 44.0 Å². The summed E-state index contributed by atoms with van der Waals surface area (Å²) < 4.78 is 36.6. The van der Waals surface area contributed by atoms with Crippen LogP contribution >= 0.6 is 0 Å². The first-order valence-corrected chi connectivity index (χ1v) is 11.7. The highest BCUT2D eigenvalue weighted by molar-refractivity contribution is 7.88. The molecule has 0 saturated carbocycles. The van der Waals surface area contributed by atoms with Crippen LogP contribution in [0, 0.1) is 0 Å². The fourth-order valence-corrected chi connectivity index (χ4v) is 3.67. The number of ether oxygens (including phenoxy) is 2. The zero-order valence-electron chi connectivity index (χ0n) is 18.1. The van der Waals surface area contributed by atoms with E-state index >= 15 is 0 Å². The van der Waals surface area contributed by atoms with Gasteiger partial charge in [-0.25, -0.2) is 8.42 Å². The molecule has 0 aliphatic heterocycles. The lowest BCUT2D eigenvalue weighted by Crippen LogP contribution is -2.42. The molecule has 0 fully saturated rings. The number of carbonyl (C=O) groups excluding carboxylic acids is 1. The lowest BCUT2D eigenvalue weighted by molar-refractivity contribution is -0.125. The Bertz CT molecular complexity index is 947. The van der Waals surface area contributed by atoms with E-state index < -0.39 is 22.0 Å². The SMILES string of the molecule is CCOc1ccc([C@H](C)NC(=O)[C@@H](c2ccccc2)N(C)S(C)(=O)=O)cc1OCC. The van der Waals surface area contributed by atoms with E-state index in [2.05, 4.69) is 5.32 Å². The van der Waals surface area contributed by atoms with E-state index in [1.165, 1.54) is 7.05 Å². The molecule has 1 amide bonds. The van der Waals surface area contributed by atoms with Crippen molar-refractivity contribution in [3.63, 3.8) is 0 Å². The molecular formula is C22H30N2O5S. The van der Waals surface area contributed by atoms with Gasteiger partial charge in [0, 0.05) is 7.05 Å². The summed E-state index contributed by atoms with van der Waals surface area (Å²) in [6.07, 6.45) is 1.08. The van der Waals surface area contributed by atoms with Gasteiger partial charge in [-0.1, -0.05) is 36.4 Å². The Labute approximate surface area is 179 Å². The third-order valence-corrected chi connectivity index (χ3v) is 5.93. The number of rotatable bonds is 10. The Kier molecular flexibility index (Phi) is 8.25. The summed E-state index contributed by atoms with van der Waals surface area (Å²) in [6, 6.07) is 13.0. The molecular weight excluding hydrogens is 404 g/mol. The van der Waals surface area contributed by atoms with Gasteiger partial charge in [0.25, 0.3) is 0 Å². The second kappa shape index (κ2) is 10.4. The lowest BCUT2D eigenvalue weighted by Gasteiger charge is -2.27. The predicted octanol–water partition coefficient (Wildman–Crippen LogP) is 3.29. The Morgan fingerprint density at radius 3 is 2.17 bits per heavy atom. The van der Waals surface area contributed by atoms with Crippen LogP contribution in [0.15, 0.2) is 48.5 Å². The molecule has 164 valence electrons. The monoisotopic (exact) mass is 434 g/mol. The summed E-state index contributed by atoms with van der Waals surface area (Å²) in [6.45, 7) is 6.63. The number of likely N-dealkylation sites (N-methyl/N-ethyl adjacent to an activating group) is 1. The molecule has 2 atom stereocenters. The third kappa shape index (κ3) is 5.96. The van der Waals surface area contributed by atoms with Crippen LogP contribution in [-0.4, -0.2) is 45.1 Å². The van der Waals surface area contributed by atoms with Crippen LogP contribution in [0.2, 0.25) is 0 Å². The standard InChI is InChI=1S/C22H30N2O5S/c1-6-28-19-14-13-18(15-20(19)29-7-2)16(3)23-22(25)21(24(4)30(5,26)27)17-11-9-8-10-12-17/h8-16,21H,6-7H2,1-5H3,(H,23,25)/t16-,21+/m0/s1. The molecule has 1 N–H and O–H groups in total. The fraction of sp³-hybridized carbons (Fsp3) is 0.409. The van der Waals surface area contributed by atoms with Crippen LogP contribution in [0.5, 0.6) is 11.5 Å². The molecule has 0 unspecified atom stereocenters. The molecule has 0 aromatic heterocycles. The van der Waals surface area contributed by atoms with Gasteiger partial charge in [0.15, 0.2) is 11.5 Å². The predicted molar refractivity (Wildman–Crippen MR) is 117 cm³/mol. The minimum absolute atomic E-state index is 0.369. The minimum atomic E-state index is -3.59. The number of nitrogens with one attached hydrogen (secondary N) is 1. The molecule has 0 bridgehead atoms. The molecule has 0 aliphatic rings. The van der Waals surface area contributed by atoms with E-state index in [0.29, 0.717) is 30.3 Å². The first-order chi connectivity index (χ1) is 14.2. The van der Waals surface area contributed by atoms with E-state index in [-0.39, 0.29) is 6.04 Å². The summed E-state index contributed by atoms with van der Waals surface area (Å²) in [5.41, 5.74) is 1.42. The highest BCUT2D eigenvalue weighted by Crippen LogP contribution is 2.31. The van der Waals surface area contributed by atoms with Gasteiger partial charge in [0.05, 0.1) is 25.5 Å². The van der Waals surface area contributed by atoms with E-state index in [9.17, 15) is 13.2 Å². The van der Waals surface area contributed by atoms with Gasteiger partial charge in [-0.3, -0.25) is 4.79 Å². The van der Waals surface area contributed by atoms with Crippen LogP contribution in [0.1, 0.15) is 44.0 Å². The van der Waals surface area contributed by atoms with Crippen molar-refractivity contribution in [1.29, 1.82) is 0 Å². The normalized spacial score (nSPS) is 13.5. The number of sulfonamides is 1. The van der Waals surface area contributed by atoms with Gasteiger partial charge in [-0.2, -0.15) is 4.31 Å². The van der Waals surface area contributed by atoms with E-state index in [4.69, 9.17) is 9.47 Å². The first kappa shape index (κ1) is 23.7. The molecule has 8 heteroatoms. The minimum Gasteiger partial charge on any atom is -0.490 e. The maximum absolute atomic E-state index is 13.1. The van der Waals surface area contributed by atoms with E-state index in [1.807, 2.05) is 45.0 Å². The van der Waals surface area contributed by atoms with Crippen molar-refractivity contribution in [3.05, 3.63) is 59.7 Å². The van der Waals surface area contributed by atoms with Crippen molar-refractivity contribution in [1.82, 2.24) is 9.62 Å². The summed E-state index contributed by atoms with van der Waals surface area (Å²) in [4.78, 5) is 13.1. The lowest BCUT2D eigenvalue weighted by atomic mass is 10.0. The molecule has 2 aromatic rings. The van der Waals surface area contributed by atoms with Gasteiger partial charge in [-0.15, -0.1) is 0 Å². The number of hydrogen-bond donors (Lipinski definition) is 1. The molecule has 2 rings (SSSR count). The average Bonchev–Trinajstić information content (AvgIpc) is 2.70. The zero-order chi connectivity index (χ0) is 22.3. The maximum Gasteiger partial charge on any atom is 0.243 e. The van der Waals surface area contributed by atoms with Crippen LogP contribution in [0.3, 0.4) is 0 Å². The quantitative estimate of drug-likeness (QED) is 0.620. The highest BCUT2D eigenvalue weighted by atomic mass is 32.2. The van der Waals surface area contributed by atoms with Crippen molar-refractivity contribution in [2.45, 2.75) is 32.9 Å². The highest BCUT2D eigenvalue weighted by Gasteiger charge is 2.31. The Balaban J connectivity index is 2.30. The zero-order valence-corrected chi connectivity index (χ0v) is 18.9. The van der Waals surface area contributed by atoms with Crippen molar-refractivity contribution in [2.75, 3.05) is 26.5 Å². The number of amides is 1. The molecule has 0 heterocycles. The smallest absolute Gasteiger partial charge is 0.243 e. The van der Waals surface area contributed by atoms with Gasteiger partial charge in [0.1, 0.15) is 6.04 Å². The van der Waals surface area contributed by atoms with Gasteiger partial charge in [0.2, 0.25) is 15.9 Å². The molecule has 0 saturated heterocycles. The van der Waals surface area contributed by atoms with Crippen molar-refractivity contribution in [3.8, 4) is 11.5 Å². The second-order valence-electron chi connectivity index (χ2n) is 6.89. The molecule has 0 radical (unpaired) electrons. The number of nitrogens with zero attached hydrogens (tertiary/aromatic N) is 1. The maximum atomic E-state index is 13.1. The van der Waals surface area contributed by atoms with E-state index in [0.717, 1.165) is 16.1 Å². The van der Waals surface area contributed by atoms with Crippen LogP contribution < -0.4 is 14.8 Å². The van der Waals surface area contributed by atoms with E-state index in [1.54, 1.807) is 24.3 Å². The Morgan fingerprint density at radius 2 is 1.60 bits per heavy atom. The first-order valence-electron chi connectivity index (χ1n) is 9.86. The van der Waals surface area contributed by atoms with Gasteiger partial charge < -0.3 is 14.8 Å². The topological polar surface area (TPSA) is 84.9 Å². The second-order valence-corrected chi connectivity index (χ2v) is 8.94.